The van der Waals surface area contributed by atoms with Crippen molar-refractivity contribution in [3.05, 3.63) is 63.7 Å². The lowest BCUT2D eigenvalue weighted by Crippen LogP contribution is -2.25. The summed E-state index contributed by atoms with van der Waals surface area (Å²) in [5, 5.41) is 4.08. The Kier molecular flexibility index (Phi) is 6.56. The number of hydrazone groups is 1. The highest BCUT2D eigenvalue weighted by Gasteiger charge is 2.10. The zero-order valence-electron chi connectivity index (χ0n) is 16.5. The topological polar surface area (TPSA) is 50.7 Å². The van der Waals surface area contributed by atoms with Crippen LogP contribution in [0.5, 0.6) is 5.75 Å². The number of amides is 1. The van der Waals surface area contributed by atoms with Crippen molar-refractivity contribution in [3.8, 4) is 5.75 Å². The van der Waals surface area contributed by atoms with Crippen molar-refractivity contribution in [3.63, 3.8) is 0 Å². The average molecular weight is 352 g/mol. The Morgan fingerprint density at radius 1 is 1.08 bits per heavy atom. The molecule has 2 aromatic rings. The molecule has 0 atom stereocenters. The molecule has 0 aromatic heterocycles. The summed E-state index contributed by atoms with van der Waals surface area (Å²) in [6.07, 6.45) is 1.69. The molecule has 1 N–H and O–H groups in total. The van der Waals surface area contributed by atoms with Crippen LogP contribution in [0.4, 0.5) is 0 Å². The maximum Gasteiger partial charge on any atom is 0.277 e. The number of ether oxygens (including phenoxy) is 1. The molecule has 0 heterocycles. The highest BCUT2D eigenvalue weighted by molar-refractivity contribution is 5.85. The summed E-state index contributed by atoms with van der Waals surface area (Å²) in [7, 11) is 0. The zero-order valence-corrected chi connectivity index (χ0v) is 16.5. The molecule has 2 aromatic carbocycles. The lowest BCUT2D eigenvalue weighted by molar-refractivity contribution is -0.123. The first-order valence-electron chi connectivity index (χ1n) is 8.91. The number of aryl methyl sites for hydroxylation is 4. The molecule has 1 amide bonds. The van der Waals surface area contributed by atoms with E-state index in [0.717, 1.165) is 33.6 Å². The highest BCUT2D eigenvalue weighted by atomic mass is 16.5. The second-order valence-electron chi connectivity index (χ2n) is 7.09. The molecule has 0 spiro atoms. The van der Waals surface area contributed by atoms with Crippen LogP contribution in [0.15, 0.2) is 35.4 Å². The molecule has 138 valence electrons. The van der Waals surface area contributed by atoms with Gasteiger partial charge in [-0.05, 0) is 61.9 Å². The van der Waals surface area contributed by atoms with Gasteiger partial charge in [0, 0.05) is 5.56 Å². The quantitative estimate of drug-likeness (QED) is 0.611. The van der Waals surface area contributed by atoms with Crippen molar-refractivity contribution in [2.75, 3.05) is 6.61 Å². The fourth-order valence-corrected chi connectivity index (χ4v) is 2.98. The van der Waals surface area contributed by atoms with Gasteiger partial charge in [-0.3, -0.25) is 4.79 Å². The molecule has 0 aliphatic rings. The monoisotopic (exact) mass is 352 g/mol. The third-order valence-electron chi connectivity index (χ3n) is 4.27. The number of nitrogens with one attached hydrogen (secondary N) is 1. The number of rotatable bonds is 6. The van der Waals surface area contributed by atoms with Crippen LogP contribution < -0.4 is 10.2 Å². The SMILES string of the molecule is Cc1cc(C)c(C=NNC(=O)COc2cc(C)ccc2C(C)C)c(C)c1. The van der Waals surface area contributed by atoms with Crippen LogP contribution in [0.2, 0.25) is 0 Å². The second kappa shape index (κ2) is 8.65. The van der Waals surface area contributed by atoms with E-state index in [-0.39, 0.29) is 12.5 Å². The summed E-state index contributed by atoms with van der Waals surface area (Å²) >= 11 is 0. The first kappa shape index (κ1) is 19.7. The van der Waals surface area contributed by atoms with E-state index < -0.39 is 0 Å². The van der Waals surface area contributed by atoms with Crippen LogP contribution in [0, 0.1) is 27.7 Å². The number of benzene rings is 2. The van der Waals surface area contributed by atoms with E-state index >= 15 is 0 Å². The molecule has 0 bridgehead atoms. The predicted molar refractivity (Wildman–Crippen MR) is 107 cm³/mol. The van der Waals surface area contributed by atoms with Gasteiger partial charge in [0.1, 0.15) is 5.75 Å². The Morgan fingerprint density at radius 3 is 2.35 bits per heavy atom. The van der Waals surface area contributed by atoms with Gasteiger partial charge < -0.3 is 4.74 Å². The molecule has 0 aliphatic carbocycles. The van der Waals surface area contributed by atoms with E-state index in [1.807, 2.05) is 32.9 Å². The van der Waals surface area contributed by atoms with Crippen LogP contribution in [0.1, 0.15) is 53.1 Å². The van der Waals surface area contributed by atoms with E-state index in [0.29, 0.717) is 5.92 Å². The van der Waals surface area contributed by atoms with Crippen molar-refractivity contribution >= 4 is 12.1 Å². The van der Waals surface area contributed by atoms with E-state index in [9.17, 15) is 4.79 Å². The van der Waals surface area contributed by atoms with Crippen molar-refractivity contribution < 1.29 is 9.53 Å². The standard InChI is InChI=1S/C22H28N2O2/c1-14(2)19-8-7-15(3)11-21(19)26-13-22(25)24-23-12-20-17(5)9-16(4)10-18(20)6/h7-12,14H,13H2,1-6H3,(H,24,25). The fraction of sp³-hybridized carbons (Fsp3) is 0.364. The first-order valence-corrected chi connectivity index (χ1v) is 8.91. The fourth-order valence-electron chi connectivity index (χ4n) is 2.98. The highest BCUT2D eigenvalue weighted by Crippen LogP contribution is 2.27. The van der Waals surface area contributed by atoms with Gasteiger partial charge in [0.05, 0.1) is 6.21 Å². The van der Waals surface area contributed by atoms with Crippen LogP contribution in [0.3, 0.4) is 0 Å². The average Bonchev–Trinajstić information content (AvgIpc) is 2.55. The predicted octanol–water partition coefficient (Wildman–Crippen LogP) is 4.57. The molecule has 2 rings (SSSR count). The molecular weight excluding hydrogens is 324 g/mol. The van der Waals surface area contributed by atoms with Crippen molar-refractivity contribution in [1.29, 1.82) is 0 Å². The maximum atomic E-state index is 12.0. The Hall–Kier alpha value is -2.62. The second-order valence-corrected chi connectivity index (χ2v) is 7.09. The Morgan fingerprint density at radius 2 is 1.73 bits per heavy atom. The van der Waals surface area contributed by atoms with Crippen LogP contribution in [0.25, 0.3) is 0 Å². The number of nitrogens with zero attached hydrogens (tertiary/aromatic N) is 1. The number of hydrogen-bond donors (Lipinski definition) is 1. The lowest BCUT2D eigenvalue weighted by atomic mass is 10.0. The van der Waals surface area contributed by atoms with Gasteiger partial charge >= 0.3 is 0 Å². The first-order chi connectivity index (χ1) is 12.3. The van der Waals surface area contributed by atoms with E-state index in [4.69, 9.17) is 4.74 Å². The summed E-state index contributed by atoms with van der Waals surface area (Å²) in [5.74, 6) is 0.809. The minimum Gasteiger partial charge on any atom is -0.483 e. The van der Waals surface area contributed by atoms with Crippen LogP contribution in [-0.2, 0) is 4.79 Å². The third kappa shape index (κ3) is 5.19. The summed E-state index contributed by atoms with van der Waals surface area (Å²) < 4.78 is 5.72. The van der Waals surface area contributed by atoms with Gasteiger partial charge in [0.25, 0.3) is 5.91 Å². The summed E-state index contributed by atoms with van der Waals surface area (Å²) in [5.41, 5.74) is 9.26. The molecule has 0 saturated heterocycles. The maximum absolute atomic E-state index is 12.0. The van der Waals surface area contributed by atoms with E-state index in [1.165, 1.54) is 5.56 Å². The molecule has 0 fully saturated rings. The lowest BCUT2D eigenvalue weighted by Gasteiger charge is -2.14. The van der Waals surface area contributed by atoms with Gasteiger partial charge in [-0.2, -0.15) is 5.10 Å². The number of carbonyl (C=O) groups excluding carboxylic acids is 1. The Balaban J connectivity index is 1.97. The summed E-state index contributed by atoms with van der Waals surface area (Å²) in [4.78, 5) is 12.0. The molecule has 4 nitrogen and oxygen atoms in total. The zero-order chi connectivity index (χ0) is 19.3. The molecule has 4 heteroatoms. The van der Waals surface area contributed by atoms with Crippen molar-refractivity contribution in [2.45, 2.75) is 47.5 Å². The minimum atomic E-state index is -0.278. The molecular formula is C22H28N2O2. The molecule has 0 unspecified atom stereocenters. The van der Waals surface area contributed by atoms with Gasteiger partial charge in [-0.1, -0.05) is 43.7 Å². The Labute approximate surface area is 156 Å². The van der Waals surface area contributed by atoms with Gasteiger partial charge in [-0.15, -0.1) is 0 Å². The third-order valence-corrected chi connectivity index (χ3v) is 4.27. The molecule has 0 aliphatic heterocycles. The number of hydrogen-bond acceptors (Lipinski definition) is 3. The van der Waals surface area contributed by atoms with Crippen molar-refractivity contribution in [2.24, 2.45) is 5.10 Å². The van der Waals surface area contributed by atoms with E-state index in [1.54, 1.807) is 6.21 Å². The van der Waals surface area contributed by atoms with Gasteiger partial charge in [0.15, 0.2) is 6.61 Å². The largest absolute Gasteiger partial charge is 0.483 e. The molecule has 26 heavy (non-hydrogen) atoms. The van der Waals surface area contributed by atoms with Crippen molar-refractivity contribution in [1.82, 2.24) is 5.43 Å². The van der Waals surface area contributed by atoms with Gasteiger partial charge in [-0.25, -0.2) is 5.43 Å². The Bertz CT molecular complexity index is 800. The minimum absolute atomic E-state index is 0.0631. The van der Waals surface area contributed by atoms with Crippen LogP contribution in [-0.4, -0.2) is 18.7 Å². The number of carbonyl (C=O) groups is 1. The molecule has 0 radical (unpaired) electrons. The van der Waals surface area contributed by atoms with Crippen LogP contribution >= 0.6 is 0 Å². The summed E-state index contributed by atoms with van der Waals surface area (Å²) in [6.45, 7) is 12.3. The van der Waals surface area contributed by atoms with Gasteiger partial charge in [0.2, 0.25) is 0 Å². The smallest absolute Gasteiger partial charge is 0.277 e. The van der Waals surface area contributed by atoms with E-state index in [2.05, 4.69) is 49.5 Å². The molecule has 0 saturated carbocycles. The summed E-state index contributed by atoms with van der Waals surface area (Å²) in [6, 6.07) is 10.3. The normalized spacial score (nSPS) is 11.2.